The number of carbonyl (C=O) groups excluding carboxylic acids is 1. The highest BCUT2D eigenvalue weighted by Gasteiger charge is 2.19. The van der Waals surface area contributed by atoms with Gasteiger partial charge in [0, 0.05) is 42.4 Å². The summed E-state index contributed by atoms with van der Waals surface area (Å²) in [5.74, 6) is -0.0721. The highest BCUT2D eigenvalue weighted by atomic mass is 79.9. The standard InChI is InChI=1S/C24H24BrFN6O2/c1-17(18-2-4-19(25)5-3-18)27-28-23(33)16-32-24(34)11-10-22(29-32)31-14-12-30(13-15-31)21-8-6-20(26)7-9-21/h2-11H,12-16H2,1H3,(H,28,33)/b27-17+. The third-order valence-electron chi connectivity index (χ3n) is 5.55. The van der Waals surface area contributed by atoms with Gasteiger partial charge in [0.2, 0.25) is 0 Å². The summed E-state index contributed by atoms with van der Waals surface area (Å²) in [6.07, 6.45) is 0. The molecule has 34 heavy (non-hydrogen) atoms. The van der Waals surface area contributed by atoms with E-state index in [1.54, 1.807) is 25.1 Å². The number of amides is 1. The number of halogens is 2. The number of rotatable bonds is 6. The topological polar surface area (TPSA) is 82.8 Å². The Morgan fingerprint density at radius 2 is 1.65 bits per heavy atom. The molecule has 10 heteroatoms. The number of aromatic nitrogens is 2. The third-order valence-corrected chi connectivity index (χ3v) is 6.08. The second kappa shape index (κ2) is 10.6. The van der Waals surface area contributed by atoms with Crippen molar-refractivity contribution < 1.29 is 9.18 Å². The van der Waals surface area contributed by atoms with E-state index >= 15 is 0 Å². The molecule has 0 spiro atoms. The van der Waals surface area contributed by atoms with Gasteiger partial charge in [0.15, 0.2) is 0 Å². The molecule has 1 aromatic heterocycles. The smallest absolute Gasteiger partial charge is 0.267 e. The minimum absolute atomic E-state index is 0.237. The zero-order chi connectivity index (χ0) is 24.1. The summed E-state index contributed by atoms with van der Waals surface area (Å²) in [7, 11) is 0. The average molecular weight is 527 g/mol. The van der Waals surface area contributed by atoms with E-state index in [1.165, 1.54) is 18.2 Å². The van der Waals surface area contributed by atoms with E-state index in [4.69, 9.17) is 0 Å². The van der Waals surface area contributed by atoms with Crippen molar-refractivity contribution in [1.29, 1.82) is 0 Å². The van der Waals surface area contributed by atoms with E-state index in [0.717, 1.165) is 33.5 Å². The van der Waals surface area contributed by atoms with Crippen LogP contribution in [0.2, 0.25) is 0 Å². The van der Waals surface area contributed by atoms with Gasteiger partial charge in [-0.1, -0.05) is 28.1 Å². The number of benzene rings is 2. The summed E-state index contributed by atoms with van der Waals surface area (Å²) in [6, 6.07) is 17.1. The van der Waals surface area contributed by atoms with Crippen molar-refractivity contribution in [2.24, 2.45) is 5.10 Å². The summed E-state index contributed by atoms with van der Waals surface area (Å²) >= 11 is 3.38. The summed E-state index contributed by atoms with van der Waals surface area (Å²) in [4.78, 5) is 28.9. The summed E-state index contributed by atoms with van der Waals surface area (Å²) in [6.45, 7) is 4.39. The molecule has 0 bridgehead atoms. The first kappa shape index (κ1) is 23.6. The predicted molar refractivity (Wildman–Crippen MR) is 134 cm³/mol. The summed E-state index contributed by atoms with van der Waals surface area (Å²) in [5, 5.41) is 8.51. The highest BCUT2D eigenvalue weighted by molar-refractivity contribution is 9.10. The Morgan fingerprint density at radius 3 is 2.32 bits per heavy atom. The zero-order valence-corrected chi connectivity index (χ0v) is 20.2. The summed E-state index contributed by atoms with van der Waals surface area (Å²) < 4.78 is 15.3. The Kier molecular flexibility index (Phi) is 7.36. The number of hydrogen-bond acceptors (Lipinski definition) is 6. The molecular weight excluding hydrogens is 503 g/mol. The molecule has 0 aliphatic carbocycles. The van der Waals surface area contributed by atoms with Crippen LogP contribution in [0.1, 0.15) is 12.5 Å². The van der Waals surface area contributed by atoms with Crippen molar-refractivity contribution in [3.8, 4) is 0 Å². The lowest BCUT2D eigenvalue weighted by Gasteiger charge is -2.36. The van der Waals surface area contributed by atoms with Crippen LogP contribution < -0.4 is 20.8 Å². The van der Waals surface area contributed by atoms with Crippen LogP contribution in [0.3, 0.4) is 0 Å². The van der Waals surface area contributed by atoms with Crippen molar-refractivity contribution >= 4 is 39.1 Å². The monoisotopic (exact) mass is 526 g/mol. The number of hydrazone groups is 1. The largest absolute Gasteiger partial charge is 0.368 e. The Labute approximate surface area is 204 Å². The molecule has 4 rings (SSSR count). The van der Waals surface area contributed by atoms with Gasteiger partial charge in [-0.3, -0.25) is 9.59 Å². The fourth-order valence-corrected chi connectivity index (χ4v) is 3.90. The predicted octanol–water partition coefficient (Wildman–Crippen LogP) is 3.01. The molecule has 3 aromatic rings. The maximum atomic E-state index is 13.2. The molecule has 176 valence electrons. The molecule has 0 unspecified atom stereocenters. The fourth-order valence-electron chi connectivity index (χ4n) is 3.64. The van der Waals surface area contributed by atoms with Gasteiger partial charge < -0.3 is 9.80 Å². The molecule has 1 aliphatic rings. The van der Waals surface area contributed by atoms with Gasteiger partial charge >= 0.3 is 0 Å². The van der Waals surface area contributed by atoms with Gasteiger partial charge in [-0.15, -0.1) is 0 Å². The molecule has 1 saturated heterocycles. The SMILES string of the molecule is C/C(=N\NC(=O)Cn1nc(N2CCN(c3ccc(F)cc3)CC2)ccc1=O)c1ccc(Br)cc1. The van der Waals surface area contributed by atoms with Crippen LogP contribution in [0.4, 0.5) is 15.9 Å². The highest BCUT2D eigenvalue weighted by Crippen LogP contribution is 2.19. The Bertz CT molecular complexity index is 1240. The second-order valence-electron chi connectivity index (χ2n) is 7.88. The fraction of sp³-hybridized carbons (Fsp3) is 0.250. The van der Waals surface area contributed by atoms with E-state index in [0.29, 0.717) is 24.6 Å². The van der Waals surface area contributed by atoms with Crippen molar-refractivity contribution in [2.75, 3.05) is 36.0 Å². The molecule has 2 heterocycles. The zero-order valence-electron chi connectivity index (χ0n) is 18.6. The van der Waals surface area contributed by atoms with Gasteiger partial charge in [0.05, 0.1) is 5.71 Å². The lowest BCUT2D eigenvalue weighted by molar-refractivity contribution is -0.121. The van der Waals surface area contributed by atoms with E-state index in [-0.39, 0.29) is 17.9 Å². The van der Waals surface area contributed by atoms with Gasteiger partial charge in [-0.05, 0) is 55.0 Å². The van der Waals surface area contributed by atoms with Crippen LogP contribution in [-0.2, 0) is 11.3 Å². The summed E-state index contributed by atoms with van der Waals surface area (Å²) in [5.41, 5.74) is 4.62. The minimum Gasteiger partial charge on any atom is -0.368 e. The Hall–Kier alpha value is -3.53. The number of piperazine rings is 1. The van der Waals surface area contributed by atoms with Crippen molar-refractivity contribution in [3.63, 3.8) is 0 Å². The normalized spacial score (nSPS) is 14.3. The number of anilines is 2. The van der Waals surface area contributed by atoms with Crippen molar-refractivity contribution in [2.45, 2.75) is 13.5 Å². The Morgan fingerprint density at radius 1 is 1.00 bits per heavy atom. The van der Waals surface area contributed by atoms with E-state index in [1.807, 2.05) is 24.3 Å². The van der Waals surface area contributed by atoms with Crippen LogP contribution in [0, 0.1) is 5.82 Å². The molecule has 2 aromatic carbocycles. The molecule has 0 atom stereocenters. The van der Waals surface area contributed by atoms with Gasteiger partial charge in [-0.2, -0.15) is 10.2 Å². The number of nitrogens with zero attached hydrogens (tertiary/aromatic N) is 5. The van der Waals surface area contributed by atoms with Gasteiger partial charge in [0.1, 0.15) is 18.2 Å². The second-order valence-corrected chi connectivity index (χ2v) is 8.79. The first-order valence-corrected chi connectivity index (χ1v) is 11.6. The maximum absolute atomic E-state index is 13.2. The van der Waals surface area contributed by atoms with Crippen molar-refractivity contribution in [1.82, 2.24) is 15.2 Å². The number of nitrogens with one attached hydrogen (secondary N) is 1. The molecule has 1 amide bonds. The number of carbonyl (C=O) groups is 1. The molecule has 1 fully saturated rings. The quantitative estimate of drug-likeness (QED) is 0.394. The van der Waals surface area contributed by atoms with Crippen LogP contribution in [0.25, 0.3) is 0 Å². The minimum atomic E-state index is -0.440. The van der Waals surface area contributed by atoms with Gasteiger partial charge in [-0.25, -0.2) is 14.5 Å². The van der Waals surface area contributed by atoms with E-state index < -0.39 is 5.91 Å². The average Bonchev–Trinajstić information content (AvgIpc) is 2.85. The molecular formula is C24H24BrFN6O2. The third kappa shape index (κ3) is 5.88. The first-order valence-electron chi connectivity index (χ1n) is 10.8. The molecule has 0 radical (unpaired) electrons. The van der Waals surface area contributed by atoms with Crippen molar-refractivity contribution in [3.05, 3.63) is 86.9 Å². The lowest BCUT2D eigenvalue weighted by atomic mass is 10.1. The molecule has 1 aliphatic heterocycles. The number of hydrogen-bond donors (Lipinski definition) is 1. The van der Waals surface area contributed by atoms with Crippen LogP contribution >= 0.6 is 15.9 Å². The van der Waals surface area contributed by atoms with E-state index in [2.05, 4.69) is 41.4 Å². The van der Waals surface area contributed by atoms with Crippen LogP contribution in [-0.4, -0.2) is 47.6 Å². The molecule has 0 saturated carbocycles. The molecule has 8 nitrogen and oxygen atoms in total. The first-order chi connectivity index (χ1) is 16.4. The lowest BCUT2D eigenvalue weighted by Crippen LogP contribution is -2.47. The van der Waals surface area contributed by atoms with Crippen LogP contribution in [0.5, 0.6) is 0 Å². The Balaban J connectivity index is 1.37. The molecule has 1 N–H and O–H groups in total. The van der Waals surface area contributed by atoms with Crippen LogP contribution in [0.15, 0.2) is 75.0 Å². The van der Waals surface area contributed by atoms with Gasteiger partial charge in [0.25, 0.3) is 11.5 Å². The van der Waals surface area contributed by atoms with E-state index in [9.17, 15) is 14.0 Å². The maximum Gasteiger partial charge on any atom is 0.267 e.